The molecule has 0 radical (unpaired) electrons. The summed E-state index contributed by atoms with van der Waals surface area (Å²) in [6.07, 6.45) is -3.54. The van der Waals surface area contributed by atoms with Crippen molar-refractivity contribution in [1.82, 2.24) is 10.4 Å². The molecule has 0 atom stereocenters. The third-order valence-corrected chi connectivity index (χ3v) is 5.28. The number of hydroxylamine groups is 2. The van der Waals surface area contributed by atoms with E-state index in [4.69, 9.17) is 16.4 Å². The summed E-state index contributed by atoms with van der Waals surface area (Å²) in [6.45, 7) is 0.952. The predicted octanol–water partition coefficient (Wildman–Crippen LogP) is 4.06. The summed E-state index contributed by atoms with van der Waals surface area (Å²) < 4.78 is 38.2. The Morgan fingerprint density at radius 3 is 2.41 bits per heavy atom. The van der Waals surface area contributed by atoms with Crippen molar-refractivity contribution in [3.8, 4) is 5.75 Å². The fourth-order valence-corrected chi connectivity index (χ4v) is 3.61. The fourth-order valence-electron chi connectivity index (χ4n) is 3.43. The molecule has 2 heterocycles. The van der Waals surface area contributed by atoms with Crippen molar-refractivity contribution >= 4 is 23.3 Å². The number of hydrogen-bond donors (Lipinski definition) is 1. The Balaban J connectivity index is 1.45. The van der Waals surface area contributed by atoms with Crippen LogP contribution in [0.15, 0.2) is 53.5 Å². The lowest BCUT2D eigenvalue weighted by molar-refractivity contribution is -0.137. The number of aliphatic imine (C=N–C) groups is 1. The molecule has 4 rings (SSSR count). The highest BCUT2D eigenvalue weighted by atomic mass is 35.5. The molecule has 152 valence electrons. The topological polar surface area (TPSA) is 53.9 Å². The second-order valence-electron chi connectivity index (χ2n) is 7.00. The summed E-state index contributed by atoms with van der Waals surface area (Å²) in [4.78, 5) is 22.9. The number of rotatable bonds is 3. The molecule has 2 aliphatic rings. The third kappa shape index (κ3) is 4.09. The molecule has 1 N–H and O–H groups in total. The van der Waals surface area contributed by atoms with Crippen LogP contribution in [-0.4, -0.2) is 35.4 Å². The lowest BCUT2D eigenvalue weighted by Crippen LogP contribution is -2.49. The van der Waals surface area contributed by atoms with Crippen molar-refractivity contribution in [3.63, 3.8) is 0 Å². The van der Waals surface area contributed by atoms with E-state index in [-0.39, 0.29) is 5.91 Å². The van der Waals surface area contributed by atoms with Crippen LogP contribution >= 0.6 is 11.6 Å². The van der Waals surface area contributed by atoms with Gasteiger partial charge in [0.05, 0.1) is 5.56 Å². The zero-order valence-electron chi connectivity index (χ0n) is 15.2. The molecule has 5 nitrogen and oxygen atoms in total. The van der Waals surface area contributed by atoms with Crippen LogP contribution in [0.2, 0.25) is 5.02 Å². The van der Waals surface area contributed by atoms with Gasteiger partial charge in [0.25, 0.3) is 5.91 Å². The number of nitrogens with one attached hydrogen (secondary N) is 1. The van der Waals surface area contributed by atoms with Crippen LogP contribution < -0.4 is 10.2 Å². The first-order chi connectivity index (χ1) is 13.7. The molecule has 1 saturated heterocycles. The number of nitrogens with zero attached hydrogens (tertiary/aromatic N) is 2. The molecule has 0 bridgehead atoms. The standard InChI is InChI=1S/C20H17ClF3N3O2/c21-15-2-1-3-16(12-15)29-27-10-8-19(9-11-27)18(28)25-17(26-19)13-4-6-14(7-5-13)20(22,23)24/h1-7,12H,8-11H2,(H,25,26,28). The van der Waals surface area contributed by atoms with Gasteiger partial charge in [-0.1, -0.05) is 29.8 Å². The van der Waals surface area contributed by atoms with Crippen molar-refractivity contribution in [3.05, 3.63) is 64.7 Å². The van der Waals surface area contributed by atoms with Crippen LogP contribution in [0.3, 0.4) is 0 Å². The number of hydrogen-bond acceptors (Lipinski definition) is 4. The van der Waals surface area contributed by atoms with Crippen molar-refractivity contribution in [2.45, 2.75) is 24.6 Å². The number of piperidine rings is 1. The first-order valence-electron chi connectivity index (χ1n) is 9.03. The largest absolute Gasteiger partial charge is 0.416 e. The lowest BCUT2D eigenvalue weighted by Gasteiger charge is -2.34. The quantitative estimate of drug-likeness (QED) is 0.810. The van der Waals surface area contributed by atoms with Crippen LogP contribution in [0.5, 0.6) is 5.75 Å². The van der Waals surface area contributed by atoms with E-state index in [0.29, 0.717) is 48.1 Å². The minimum absolute atomic E-state index is 0.241. The second kappa shape index (κ2) is 7.35. The highest BCUT2D eigenvalue weighted by Gasteiger charge is 2.46. The number of alkyl halides is 3. The molecule has 9 heteroatoms. The fraction of sp³-hybridized carbons (Fsp3) is 0.300. The SMILES string of the molecule is O=C1NC(c2ccc(C(F)(F)F)cc2)=NC12CCN(Oc1cccc(Cl)c1)CC2. The molecule has 1 amide bonds. The minimum Gasteiger partial charge on any atom is -0.406 e. The molecular formula is C20H17ClF3N3O2. The van der Waals surface area contributed by atoms with Gasteiger partial charge in [-0.25, -0.2) is 0 Å². The van der Waals surface area contributed by atoms with Gasteiger partial charge in [0, 0.05) is 29.7 Å². The van der Waals surface area contributed by atoms with Crippen molar-refractivity contribution in [1.29, 1.82) is 0 Å². The molecule has 2 aromatic rings. The molecule has 2 aliphatic heterocycles. The molecule has 2 aromatic carbocycles. The normalized spacial score (nSPS) is 19.2. The Morgan fingerprint density at radius 2 is 1.79 bits per heavy atom. The number of carbonyl (C=O) groups excluding carboxylic acids is 1. The predicted molar refractivity (Wildman–Crippen MR) is 102 cm³/mol. The maximum atomic E-state index is 12.7. The van der Waals surface area contributed by atoms with E-state index in [1.807, 2.05) is 0 Å². The summed E-state index contributed by atoms with van der Waals surface area (Å²) >= 11 is 5.96. The van der Waals surface area contributed by atoms with Crippen LogP contribution in [-0.2, 0) is 11.0 Å². The first kappa shape index (κ1) is 19.7. The van der Waals surface area contributed by atoms with Crippen molar-refractivity contribution in [2.75, 3.05) is 13.1 Å². The molecule has 0 aromatic heterocycles. The maximum absolute atomic E-state index is 12.7. The van der Waals surface area contributed by atoms with Crippen LogP contribution in [0.1, 0.15) is 24.0 Å². The van der Waals surface area contributed by atoms with Gasteiger partial charge in [-0.05, 0) is 37.1 Å². The Labute approximate surface area is 170 Å². The lowest BCUT2D eigenvalue weighted by atomic mass is 9.89. The first-order valence-corrected chi connectivity index (χ1v) is 9.40. The number of halogens is 4. The maximum Gasteiger partial charge on any atom is 0.416 e. The van der Waals surface area contributed by atoms with Crippen molar-refractivity contribution in [2.24, 2.45) is 4.99 Å². The van der Waals surface area contributed by atoms with Gasteiger partial charge in [-0.3, -0.25) is 9.79 Å². The van der Waals surface area contributed by atoms with Gasteiger partial charge in [0.2, 0.25) is 0 Å². The van der Waals surface area contributed by atoms with E-state index in [1.165, 1.54) is 12.1 Å². The van der Waals surface area contributed by atoms with E-state index in [0.717, 1.165) is 12.1 Å². The van der Waals surface area contributed by atoms with Crippen molar-refractivity contribution < 1.29 is 22.8 Å². The Hall–Kier alpha value is -2.58. The Morgan fingerprint density at radius 1 is 1.10 bits per heavy atom. The Kier molecular flexibility index (Phi) is 5.00. The van der Waals surface area contributed by atoms with Crippen LogP contribution in [0.25, 0.3) is 0 Å². The molecule has 1 spiro atoms. The zero-order chi connectivity index (χ0) is 20.6. The van der Waals surface area contributed by atoms with E-state index in [1.54, 1.807) is 29.3 Å². The molecule has 0 aliphatic carbocycles. The van der Waals surface area contributed by atoms with Crippen LogP contribution in [0.4, 0.5) is 13.2 Å². The van der Waals surface area contributed by atoms with Gasteiger partial charge < -0.3 is 10.2 Å². The average molecular weight is 424 g/mol. The number of amidine groups is 1. The van der Waals surface area contributed by atoms with Gasteiger partial charge in [-0.2, -0.15) is 13.2 Å². The van der Waals surface area contributed by atoms with Gasteiger partial charge in [0.15, 0.2) is 0 Å². The van der Waals surface area contributed by atoms with Gasteiger partial charge in [0.1, 0.15) is 17.1 Å². The highest BCUT2D eigenvalue weighted by Crippen LogP contribution is 2.33. The summed E-state index contributed by atoms with van der Waals surface area (Å²) in [5.74, 6) is 0.668. The van der Waals surface area contributed by atoms with Gasteiger partial charge in [-0.15, -0.1) is 5.06 Å². The van der Waals surface area contributed by atoms with Crippen LogP contribution in [0, 0.1) is 0 Å². The molecule has 1 fully saturated rings. The van der Waals surface area contributed by atoms with E-state index in [9.17, 15) is 18.0 Å². The minimum atomic E-state index is -4.41. The number of amides is 1. The van der Waals surface area contributed by atoms with E-state index >= 15 is 0 Å². The highest BCUT2D eigenvalue weighted by molar-refractivity contribution is 6.30. The third-order valence-electron chi connectivity index (χ3n) is 5.05. The summed E-state index contributed by atoms with van der Waals surface area (Å²) in [5.41, 5.74) is -1.22. The number of carbonyl (C=O) groups is 1. The molecule has 0 saturated carbocycles. The smallest absolute Gasteiger partial charge is 0.406 e. The Bertz CT molecular complexity index is 952. The summed E-state index contributed by atoms with van der Waals surface area (Å²) in [6, 6.07) is 11.6. The second-order valence-corrected chi connectivity index (χ2v) is 7.44. The van der Waals surface area contributed by atoms with Gasteiger partial charge >= 0.3 is 6.18 Å². The van der Waals surface area contributed by atoms with E-state index < -0.39 is 17.3 Å². The summed E-state index contributed by atoms with van der Waals surface area (Å²) in [7, 11) is 0. The molecule has 0 unspecified atom stereocenters. The molecular weight excluding hydrogens is 407 g/mol. The molecule has 29 heavy (non-hydrogen) atoms. The average Bonchev–Trinajstić information content (AvgIpc) is 2.99. The summed E-state index contributed by atoms with van der Waals surface area (Å²) in [5, 5.41) is 5.03. The number of benzene rings is 2. The monoisotopic (exact) mass is 423 g/mol. The zero-order valence-corrected chi connectivity index (χ0v) is 15.9. The van der Waals surface area contributed by atoms with E-state index in [2.05, 4.69) is 10.3 Å².